The van der Waals surface area contributed by atoms with E-state index < -0.39 is 0 Å². The summed E-state index contributed by atoms with van der Waals surface area (Å²) in [6.45, 7) is 10.8. The largest absolute Gasteiger partial charge is 0.0683 e. The van der Waals surface area contributed by atoms with Gasteiger partial charge in [0.1, 0.15) is 0 Å². The lowest BCUT2D eigenvalue weighted by atomic mass is 9.82. The highest BCUT2D eigenvalue weighted by Gasteiger charge is 2.16. The van der Waals surface area contributed by atoms with Crippen molar-refractivity contribution in [3.63, 3.8) is 0 Å². The first-order valence-electron chi connectivity index (χ1n) is 11.3. The lowest BCUT2D eigenvalue weighted by Gasteiger charge is -2.23. The highest BCUT2D eigenvalue weighted by molar-refractivity contribution is 5.32. The molecule has 2 aromatic carbocycles. The molecular weight excluding hydrogens is 324 g/mol. The van der Waals surface area contributed by atoms with Crippen LogP contribution in [0.25, 0.3) is 0 Å². The van der Waals surface area contributed by atoms with Gasteiger partial charge in [-0.05, 0) is 80.0 Å². The topological polar surface area (TPSA) is 0 Å². The smallest absolute Gasteiger partial charge is 0.0161 e. The van der Waals surface area contributed by atoms with E-state index in [2.05, 4.69) is 63.2 Å². The van der Waals surface area contributed by atoms with Gasteiger partial charge in [-0.25, -0.2) is 0 Å². The molecule has 148 valence electrons. The molecule has 27 heavy (non-hydrogen) atoms. The van der Waals surface area contributed by atoms with Crippen LogP contribution in [0.5, 0.6) is 0 Å². The van der Waals surface area contributed by atoms with Gasteiger partial charge in [0.25, 0.3) is 0 Å². The van der Waals surface area contributed by atoms with Crippen LogP contribution in [0, 0.1) is 13.8 Å². The van der Waals surface area contributed by atoms with E-state index in [1.807, 2.05) is 13.8 Å². The van der Waals surface area contributed by atoms with Crippen LogP contribution in [-0.4, -0.2) is 0 Å². The van der Waals surface area contributed by atoms with Crippen molar-refractivity contribution in [1.29, 1.82) is 0 Å². The number of hydrogen-bond donors (Lipinski definition) is 0. The van der Waals surface area contributed by atoms with E-state index in [1.54, 1.807) is 5.56 Å². The average Bonchev–Trinajstić information content (AvgIpc) is 2.72. The summed E-state index contributed by atoms with van der Waals surface area (Å²) < 4.78 is 0. The molecule has 3 rings (SSSR count). The fourth-order valence-corrected chi connectivity index (χ4v) is 4.54. The normalized spacial score (nSPS) is 15.7. The first kappa shape index (κ1) is 21.7. The Hall–Kier alpha value is -1.56. The van der Waals surface area contributed by atoms with Crippen LogP contribution in [-0.2, 0) is 6.42 Å². The second-order valence-electron chi connectivity index (χ2n) is 8.08. The second kappa shape index (κ2) is 11.3. The van der Waals surface area contributed by atoms with E-state index in [1.165, 1.54) is 73.6 Å². The zero-order valence-electron chi connectivity index (χ0n) is 18.4. The third-order valence-corrected chi connectivity index (χ3v) is 6.24. The molecule has 0 N–H and O–H groups in total. The Morgan fingerprint density at radius 2 is 1.56 bits per heavy atom. The minimum Gasteiger partial charge on any atom is -0.0683 e. The lowest BCUT2D eigenvalue weighted by Crippen LogP contribution is -2.05. The molecule has 1 aliphatic rings. The number of aryl methyl sites for hydroxylation is 3. The lowest BCUT2D eigenvalue weighted by molar-refractivity contribution is 0.443. The van der Waals surface area contributed by atoms with Gasteiger partial charge in [0.2, 0.25) is 0 Å². The van der Waals surface area contributed by atoms with Crippen LogP contribution in [0.1, 0.15) is 105 Å². The summed E-state index contributed by atoms with van der Waals surface area (Å²) in [5.74, 6) is 1.50. The summed E-state index contributed by atoms with van der Waals surface area (Å²) in [6, 6.07) is 16.6. The number of rotatable bonds is 6. The van der Waals surface area contributed by atoms with Crippen LogP contribution >= 0.6 is 0 Å². The zero-order chi connectivity index (χ0) is 19.6. The third-order valence-electron chi connectivity index (χ3n) is 6.24. The minimum atomic E-state index is 0.682. The van der Waals surface area contributed by atoms with Crippen molar-refractivity contribution in [2.75, 3.05) is 0 Å². The molecule has 0 heteroatoms. The minimum absolute atomic E-state index is 0.682. The monoisotopic (exact) mass is 364 g/mol. The predicted octanol–water partition coefficient (Wildman–Crippen LogP) is 8.50. The van der Waals surface area contributed by atoms with Gasteiger partial charge in [0, 0.05) is 0 Å². The van der Waals surface area contributed by atoms with E-state index in [0.29, 0.717) is 5.92 Å². The molecule has 0 amide bonds. The summed E-state index contributed by atoms with van der Waals surface area (Å²) in [5.41, 5.74) is 7.44. The SMILES string of the molecule is CC.CCC(CCc1ccc(C)cc1C)c1ccc(C2CCCCC2)cc1. The molecule has 1 aliphatic carbocycles. The van der Waals surface area contributed by atoms with E-state index in [4.69, 9.17) is 0 Å². The number of benzene rings is 2. The summed E-state index contributed by atoms with van der Waals surface area (Å²) in [5, 5.41) is 0. The van der Waals surface area contributed by atoms with Gasteiger partial charge < -0.3 is 0 Å². The summed E-state index contributed by atoms with van der Waals surface area (Å²) in [7, 11) is 0. The standard InChI is InChI=1S/C25H34.C2H6/c1-4-21(12-13-22-11-10-19(2)18-20(22)3)24-14-16-25(17-15-24)23-8-6-5-7-9-23;1-2/h10-11,14-18,21,23H,4-9,12-13H2,1-3H3;1-2H3. The molecule has 0 bridgehead atoms. The van der Waals surface area contributed by atoms with E-state index in [9.17, 15) is 0 Å². The molecule has 2 aromatic rings. The summed E-state index contributed by atoms with van der Waals surface area (Å²) in [6.07, 6.45) is 10.7. The maximum atomic E-state index is 2.42. The van der Waals surface area contributed by atoms with Crippen LogP contribution in [0.2, 0.25) is 0 Å². The van der Waals surface area contributed by atoms with E-state index in [0.717, 1.165) is 5.92 Å². The van der Waals surface area contributed by atoms with Crippen LogP contribution in [0.4, 0.5) is 0 Å². The molecule has 0 aromatic heterocycles. The molecule has 1 fully saturated rings. The van der Waals surface area contributed by atoms with Gasteiger partial charge in [0.15, 0.2) is 0 Å². The fourth-order valence-electron chi connectivity index (χ4n) is 4.54. The first-order chi connectivity index (χ1) is 13.2. The van der Waals surface area contributed by atoms with Gasteiger partial charge in [0.05, 0.1) is 0 Å². The Kier molecular flexibility index (Phi) is 9.11. The molecule has 0 aliphatic heterocycles. The molecule has 0 heterocycles. The predicted molar refractivity (Wildman–Crippen MR) is 121 cm³/mol. The Balaban J connectivity index is 0.00000126. The highest BCUT2D eigenvalue weighted by Crippen LogP contribution is 2.34. The van der Waals surface area contributed by atoms with Crippen LogP contribution in [0.15, 0.2) is 42.5 Å². The summed E-state index contributed by atoms with van der Waals surface area (Å²) >= 11 is 0. The zero-order valence-corrected chi connectivity index (χ0v) is 18.4. The quantitative estimate of drug-likeness (QED) is 0.482. The van der Waals surface area contributed by atoms with Gasteiger partial charge in [-0.3, -0.25) is 0 Å². The van der Waals surface area contributed by atoms with Gasteiger partial charge in [-0.1, -0.05) is 88.1 Å². The Morgan fingerprint density at radius 1 is 0.889 bits per heavy atom. The summed E-state index contributed by atoms with van der Waals surface area (Å²) in [4.78, 5) is 0. The molecule has 1 saturated carbocycles. The molecule has 1 unspecified atom stereocenters. The van der Waals surface area contributed by atoms with Gasteiger partial charge in [-0.2, -0.15) is 0 Å². The Bertz CT molecular complexity index is 659. The average molecular weight is 365 g/mol. The molecular formula is C27H40. The van der Waals surface area contributed by atoms with Gasteiger partial charge >= 0.3 is 0 Å². The Morgan fingerprint density at radius 3 is 2.15 bits per heavy atom. The molecule has 0 radical (unpaired) electrons. The van der Waals surface area contributed by atoms with Crippen LogP contribution in [0.3, 0.4) is 0 Å². The first-order valence-corrected chi connectivity index (χ1v) is 11.3. The maximum Gasteiger partial charge on any atom is -0.0161 e. The van der Waals surface area contributed by atoms with Crippen molar-refractivity contribution < 1.29 is 0 Å². The molecule has 0 spiro atoms. The maximum absolute atomic E-state index is 2.42. The highest BCUT2D eigenvalue weighted by atomic mass is 14.2. The molecule has 0 nitrogen and oxygen atoms in total. The van der Waals surface area contributed by atoms with Crippen molar-refractivity contribution in [3.8, 4) is 0 Å². The number of hydrogen-bond acceptors (Lipinski definition) is 0. The van der Waals surface area contributed by atoms with Crippen LogP contribution < -0.4 is 0 Å². The van der Waals surface area contributed by atoms with Crippen molar-refractivity contribution in [2.45, 2.75) is 97.8 Å². The van der Waals surface area contributed by atoms with Crippen molar-refractivity contribution in [3.05, 3.63) is 70.3 Å². The second-order valence-corrected chi connectivity index (χ2v) is 8.08. The van der Waals surface area contributed by atoms with E-state index >= 15 is 0 Å². The van der Waals surface area contributed by atoms with E-state index in [-0.39, 0.29) is 0 Å². The molecule has 0 saturated heterocycles. The fraction of sp³-hybridized carbons (Fsp3) is 0.556. The van der Waals surface area contributed by atoms with Gasteiger partial charge in [-0.15, -0.1) is 0 Å². The Labute approximate surface area is 168 Å². The van der Waals surface area contributed by atoms with Crippen molar-refractivity contribution >= 4 is 0 Å². The van der Waals surface area contributed by atoms with Crippen molar-refractivity contribution in [2.24, 2.45) is 0 Å². The van der Waals surface area contributed by atoms with Crippen molar-refractivity contribution in [1.82, 2.24) is 0 Å². The molecule has 1 atom stereocenters. The third kappa shape index (κ3) is 6.23.